The number of rotatable bonds is 1. The number of hydrogen-bond donors (Lipinski definition) is 0. The smallest absolute Gasteiger partial charge is 0.223 e. The number of aliphatic imine (C=N–C) groups is 1. The van der Waals surface area contributed by atoms with E-state index in [1.54, 1.807) is 0 Å². The average Bonchev–Trinajstić information content (AvgIpc) is 2.92. The maximum absolute atomic E-state index is 6.37. The van der Waals surface area contributed by atoms with Crippen LogP contribution in [0.15, 0.2) is 21.5 Å². The Bertz CT molecular complexity index is 885. The van der Waals surface area contributed by atoms with E-state index in [2.05, 4.69) is 65.5 Å². The number of nitrogens with zero attached hydrogens (tertiary/aromatic N) is 2. The molecular weight excluding hydrogens is 308 g/mol. The zero-order chi connectivity index (χ0) is 18.1. The van der Waals surface area contributed by atoms with Crippen molar-refractivity contribution < 1.29 is 4.42 Å². The molecule has 1 aromatic heterocycles. The molecule has 3 heteroatoms. The molecule has 0 saturated carbocycles. The first-order valence-electron chi connectivity index (χ1n) is 9.50. The molecule has 4 rings (SSSR count). The zero-order valence-corrected chi connectivity index (χ0v) is 16.7. The summed E-state index contributed by atoms with van der Waals surface area (Å²) in [5, 5.41) is 1.25. The van der Waals surface area contributed by atoms with Crippen molar-refractivity contribution in [3.8, 4) is 0 Å². The fourth-order valence-corrected chi connectivity index (χ4v) is 5.17. The van der Waals surface area contributed by atoms with Crippen LogP contribution in [-0.4, -0.2) is 17.3 Å². The molecule has 0 aliphatic carbocycles. The molecule has 0 amide bonds. The molecule has 0 radical (unpaired) electrons. The Morgan fingerprint density at radius 2 is 1.84 bits per heavy atom. The molecule has 25 heavy (non-hydrogen) atoms. The number of hydrogen-bond acceptors (Lipinski definition) is 3. The van der Waals surface area contributed by atoms with Gasteiger partial charge in [-0.25, -0.2) is 4.99 Å². The summed E-state index contributed by atoms with van der Waals surface area (Å²) >= 11 is 0. The molecular formula is C22H30N2O. The summed E-state index contributed by atoms with van der Waals surface area (Å²) in [6, 6.07) is 4.94. The molecule has 0 bridgehead atoms. The van der Waals surface area contributed by atoms with Gasteiger partial charge < -0.3 is 9.32 Å². The van der Waals surface area contributed by atoms with E-state index in [4.69, 9.17) is 9.41 Å². The highest BCUT2D eigenvalue weighted by atomic mass is 16.3. The molecule has 0 unspecified atom stereocenters. The molecule has 1 atom stereocenters. The van der Waals surface area contributed by atoms with Crippen molar-refractivity contribution in [2.75, 3.05) is 4.90 Å². The first kappa shape index (κ1) is 16.7. The molecule has 134 valence electrons. The average molecular weight is 338 g/mol. The lowest BCUT2D eigenvalue weighted by Gasteiger charge is -2.38. The van der Waals surface area contributed by atoms with Crippen LogP contribution in [0.25, 0.3) is 11.0 Å². The van der Waals surface area contributed by atoms with Gasteiger partial charge in [0.25, 0.3) is 0 Å². The standard InChI is InChI=1S/C22H30N2O/c1-13-8-10-16-17-11-9-14(2)23-20(17)25-19(16)18(13)24-15(3)21(4,5)12-22(24,6)7/h8,10,15H,9,11-12H2,1-7H3/t15-/m0/s1. The van der Waals surface area contributed by atoms with Crippen molar-refractivity contribution in [3.05, 3.63) is 23.3 Å². The van der Waals surface area contributed by atoms with E-state index in [1.807, 2.05) is 0 Å². The first-order chi connectivity index (χ1) is 11.6. The van der Waals surface area contributed by atoms with E-state index >= 15 is 0 Å². The van der Waals surface area contributed by atoms with E-state index in [9.17, 15) is 0 Å². The Kier molecular flexibility index (Phi) is 3.42. The quantitative estimate of drug-likeness (QED) is 0.621. The Morgan fingerprint density at radius 1 is 1.12 bits per heavy atom. The van der Waals surface area contributed by atoms with E-state index in [1.165, 1.54) is 34.3 Å². The number of furan rings is 1. The van der Waals surface area contributed by atoms with Gasteiger partial charge in [-0.05, 0) is 64.9 Å². The van der Waals surface area contributed by atoms with E-state index in [0.29, 0.717) is 6.04 Å². The predicted octanol–water partition coefficient (Wildman–Crippen LogP) is 6.18. The van der Waals surface area contributed by atoms with Gasteiger partial charge in [0.1, 0.15) is 0 Å². The number of fused-ring (bicyclic) bond motifs is 3. The van der Waals surface area contributed by atoms with Gasteiger partial charge in [0, 0.05) is 28.2 Å². The Hall–Kier alpha value is -1.77. The summed E-state index contributed by atoms with van der Waals surface area (Å²) in [4.78, 5) is 7.30. The second kappa shape index (κ2) is 5.12. The Balaban J connectivity index is 1.98. The van der Waals surface area contributed by atoms with Gasteiger partial charge in [0.05, 0.1) is 5.69 Å². The normalized spacial score (nSPS) is 24.5. The molecule has 2 aromatic rings. The molecule has 2 aliphatic heterocycles. The molecule has 0 N–H and O–H groups in total. The maximum atomic E-state index is 6.37. The van der Waals surface area contributed by atoms with Crippen LogP contribution in [0.3, 0.4) is 0 Å². The minimum Gasteiger partial charge on any atom is -0.436 e. The molecule has 1 aromatic carbocycles. The van der Waals surface area contributed by atoms with Gasteiger partial charge in [-0.3, -0.25) is 0 Å². The summed E-state index contributed by atoms with van der Waals surface area (Å²) in [5.74, 6) is 0.828. The van der Waals surface area contributed by atoms with Gasteiger partial charge in [0.15, 0.2) is 5.58 Å². The van der Waals surface area contributed by atoms with Crippen LogP contribution < -0.4 is 4.90 Å². The van der Waals surface area contributed by atoms with E-state index < -0.39 is 0 Å². The van der Waals surface area contributed by atoms with Crippen LogP contribution in [0, 0.1) is 12.3 Å². The molecule has 0 spiro atoms. The number of aryl methyl sites for hydroxylation is 2. The van der Waals surface area contributed by atoms with Crippen LogP contribution in [0.1, 0.15) is 65.5 Å². The molecule has 3 nitrogen and oxygen atoms in total. The molecule has 1 saturated heterocycles. The van der Waals surface area contributed by atoms with Crippen LogP contribution in [0.2, 0.25) is 0 Å². The highest BCUT2D eigenvalue weighted by Gasteiger charge is 2.49. The van der Waals surface area contributed by atoms with E-state index in [0.717, 1.165) is 24.3 Å². The number of benzene rings is 1. The van der Waals surface area contributed by atoms with Crippen molar-refractivity contribution in [3.63, 3.8) is 0 Å². The highest BCUT2D eigenvalue weighted by Crippen LogP contribution is 2.52. The summed E-state index contributed by atoms with van der Waals surface area (Å²) in [5.41, 5.74) is 6.42. The minimum absolute atomic E-state index is 0.106. The van der Waals surface area contributed by atoms with Crippen molar-refractivity contribution >= 4 is 28.3 Å². The van der Waals surface area contributed by atoms with Gasteiger partial charge in [-0.15, -0.1) is 0 Å². The predicted molar refractivity (Wildman–Crippen MR) is 106 cm³/mol. The second-order valence-corrected chi connectivity index (χ2v) is 9.36. The van der Waals surface area contributed by atoms with Crippen LogP contribution in [0.4, 0.5) is 11.6 Å². The summed E-state index contributed by atoms with van der Waals surface area (Å²) in [6.45, 7) is 16.2. The lowest BCUT2D eigenvalue weighted by atomic mass is 9.82. The lowest BCUT2D eigenvalue weighted by molar-refractivity contribution is 0.329. The Labute approximate surface area is 151 Å². The van der Waals surface area contributed by atoms with Gasteiger partial charge in [-0.2, -0.15) is 0 Å². The van der Waals surface area contributed by atoms with Gasteiger partial charge in [0.2, 0.25) is 5.88 Å². The SMILES string of the molecule is CC1=Nc2oc3c(N4[C@@H](C)C(C)(C)CC4(C)C)c(C)ccc3c2CC1. The van der Waals surface area contributed by atoms with Crippen molar-refractivity contribution in [2.45, 2.75) is 79.3 Å². The monoisotopic (exact) mass is 338 g/mol. The summed E-state index contributed by atoms with van der Waals surface area (Å²) in [6.07, 6.45) is 3.24. The molecule has 2 aliphatic rings. The zero-order valence-electron chi connectivity index (χ0n) is 16.7. The summed E-state index contributed by atoms with van der Waals surface area (Å²) in [7, 11) is 0. The molecule has 1 fully saturated rings. The van der Waals surface area contributed by atoms with Crippen LogP contribution >= 0.6 is 0 Å². The Morgan fingerprint density at radius 3 is 2.48 bits per heavy atom. The minimum atomic E-state index is 0.106. The third-order valence-corrected chi connectivity index (χ3v) is 6.44. The summed E-state index contributed by atoms with van der Waals surface area (Å²) < 4.78 is 6.37. The first-order valence-corrected chi connectivity index (χ1v) is 9.50. The fourth-order valence-electron chi connectivity index (χ4n) is 5.17. The maximum Gasteiger partial charge on any atom is 0.223 e. The second-order valence-electron chi connectivity index (χ2n) is 9.36. The third kappa shape index (κ3) is 2.35. The van der Waals surface area contributed by atoms with Crippen molar-refractivity contribution in [1.82, 2.24) is 0 Å². The third-order valence-electron chi connectivity index (χ3n) is 6.44. The highest BCUT2D eigenvalue weighted by molar-refractivity contribution is 5.99. The lowest BCUT2D eigenvalue weighted by Crippen LogP contribution is -2.43. The topological polar surface area (TPSA) is 28.7 Å². The van der Waals surface area contributed by atoms with Gasteiger partial charge in [-0.1, -0.05) is 26.0 Å². The van der Waals surface area contributed by atoms with Crippen LogP contribution in [0.5, 0.6) is 0 Å². The van der Waals surface area contributed by atoms with Crippen LogP contribution in [-0.2, 0) is 6.42 Å². The van der Waals surface area contributed by atoms with Crippen molar-refractivity contribution in [2.24, 2.45) is 10.4 Å². The van der Waals surface area contributed by atoms with E-state index in [-0.39, 0.29) is 11.0 Å². The number of anilines is 1. The van der Waals surface area contributed by atoms with Gasteiger partial charge >= 0.3 is 0 Å². The van der Waals surface area contributed by atoms with Crippen molar-refractivity contribution in [1.29, 1.82) is 0 Å². The molecule has 3 heterocycles. The fraction of sp³-hybridized carbons (Fsp3) is 0.591. The largest absolute Gasteiger partial charge is 0.436 e.